The third kappa shape index (κ3) is 2.25. The average molecular weight is 235 g/mol. The van der Waals surface area contributed by atoms with Gasteiger partial charge in [0.1, 0.15) is 5.69 Å². The molecule has 2 aromatic rings. The Morgan fingerprint density at radius 3 is 2.88 bits per heavy atom. The summed E-state index contributed by atoms with van der Waals surface area (Å²) < 4.78 is 7.26. The van der Waals surface area contributed by atoms with E-state index in [2.05, 4.69) is 22.2 Å². The molecule has 0 unspecified atom stereocenters. The maximum absolute atomic E-state index is 6.00. The van der Waals surface area contributed by atoms with Crippen molar-refractivity contribution in [2.24, 2.45) is 7.05 Å². The predicted molar refractivity (Wildman–Crippen MR) is 65.0 cm³/mol. The minimum atomic E-state index is 0.500. The van der Waals surface area contributed by atoms with Gasteiger partial charge in [0.05, 0.1) is 5.69 Å². The first kappa shape index (κ1) is 11.5. The third-order valence-corrected chi connectivity index (χ3v) is 2.48. The maximum Gasteiger partial charge on any atom is 0.243 e. The molecule has 2 aromatic heterocycles. The van der Waals surface area contributed by atoms with Crippen molar-refractivity contribution in [2.45, 2.75) is 26.7 Å². The second kappa shape index (κ2) is 4.48. The molecule has 0 amide bonds. The summed E-state index contributed by atoms with van der Waals surface area (Å²) in [6.07, 6.45) is 1.85. The number of nitrogens with two attached hydrogens (primary N) is 1. The van der Waals surface area contributed by atoms with Gasteiger partial charge in [-0.3, -0.25) is 5.10 Å². The fourth-order valence-electron chi connectivity index (χ4n) is 1.66. The molecule has 0 fully saturated rings. The van der Waals surface area contributed by atoms with E-state index in [1.54, 1.807) is 4.68 Å². The fraction of sp³-hybridized carbons (Fsp3) is 0.455. The summed E-state index contributed by atoms with van der Waals surface area (Å²) in [4.78, 5) is 0. The van der Waals surface area contributed by atoms with Crippen molar-refractivity contribution in [1.82, 2.24) is 20.0 Å². The lowest BCUT2D eigenvalue weighted by atomic mass is 10.2. The van der Waals surface area contributed by atoms with Crippen LogP contribution in [0.4, 0.5) is 5.69 Å². The lowest BCUT2D eigenvalue weighted by molar-refractivity contribution is 0.416. The van der Waals surface area contributed by atoms with Crippen LogP contribution >= 0.6 is 0 Å². The second-order valence-corrected chi connectivity index (χ2v) is 4.03. The molecular formula is C11H17N5O. The lowest BCUT2D eigenvalue weighted by Gasteiger charge is -2.02. The van der Waals surface area contributed by atoms with Crippen molar-refractivity contribution < 1.29 is 4.74 Å². The molecule has 0 saturated heterocycles. The Balaban J connectivity index is 2.26. The van der Waals surface area contributed by atoms with Crippen LogP contribution in [0.2, 0.25) is 0 Å². The van der Waals surface area contributed by atoms with Gasteiger partial charge in [-0.1, -0.05) is 13.3 Å². The van der Waals surface area contributed by atoms with Gasteiger partial charge in [0.2, 0.25) is 11.8 Å². The van der Waals surface area contributed by atoms with E-state index in [1.165, 1.54) is 0 Å². The lowest BCUT2D eigenvalue weighted by Crippen LogP contribution is -1.97. The molecule has 6 heteroatoms. The first-order valence-corrected chi connectivity index (χ1v) is 5.63. The van der Waals surface area contributed by atoms with Gasteiger partial charge in [-0.2, -0.15) is 5.10 Å². The topological polar surface area (TPSA) is 81.8 Å². The summed E-state index contributed by atoms with van der Waals surface area (Å²) in [6.45, 7) is 4.00. The molecule has 92 valence electrons. The van der Waals surface area contributed by atoms with E-state index in [4.69, 9.17) is 10.5 Å². The summed E-state index contributed by atoms with van der Waals surface area (Å²) in [5.41, 5.74) is 8.40. The Kier molecular flexibility index (Phi) is 3.03. The highest BCUT2D eigenvalue weighted by molar-refractivity contribution is 5.54. The van der Waals surface area contributed by atoms with Crippen LogP contribution in [0, 0.1) is 6.92 Å². The molecule has 0 spiro atoms. The van der Waals surface area contributed by atoms with Gasteiger partial charge in [0.25, 0.3) is 0 Å². The molecule has 2 heterocycles. The Morgan fingerprint density at radius 2 is 2.29 bits per heavy atom. The van der Waals surface area contributed by atoms with Gasteiger partial charge in [-0.25, -0.2) is 4.68 Å². The van der Waals surface area contributed by atoms with E-state index >= 15 is 0 Å². The third-order valence-electron chi connectivity index (χ3n) is 2.48. The SMILES string of the molecule is CCCc1nn(C)c(Oc2cc(C)[nH]n2)c1N. The van der Waals surface area contributed by atoms with E-state index in [9.17, 15) is 0 Å². The van der Waals surface area contributed by atoms with Gasteiger partial charge in [0, 0.05) is 18.8 Å². The Labute approximate surface area is 99.8 Å². The average Bonchev–Trinajstić information content (AvgIpc) is 2.79. The molecule has 0 atom stereocenters. The monoisotopic (exact) mass is 235 g/mol. The molecule has 0 aliphatic rings. The zero-order chi connectivity index (χ0) is 12.4. The van der Waals surface area contributed by atoms with Crippen LogP contribution < -0.4 is 10.5 Å². The maximum atomic E-state index is 6.00. The number of aromatic amines is 1. The minimum absolute atomic E-state index is 0.500. The zero-order valence-electron chi connectivity index (χ0n) is 10.3. The number of nitrogens with zero attached hydrogens (tertiary/aromatic N) is 3. The molecule has 0 radical (unpaired) electrons. The van der Waals surface area contributed by atoms with Crippen LogP contribution in [0.5, 0.6) is 11.8 Å². The van der Waals surface area contributed by atoms with E-state index in [1.807, 2.05) is 20.0 Å². The van der Waals surface area contributed by atoms with E-state index in [0.29, 0.717) is 17.4 Å². The molecule has 0 saturated carbocycles. The highest BCUT2D eigenvalue weighted by Gasteiger charge is 2.15. The molecule has 0 aliphatic carbocycles. The van der Waals surface area contributed by atoms with E-state index < -0.39 is 0 Å². The summed E-state index contributed by atoms with van der Waals surface area (Å²) in [6, 6.07) is 1.81. The Morgan fingerprint density at radius 1 is 1.53 bits per heavy atom. The number of ether oxygens (including phenoxy) is 1. The normalized spacial score (nSPS) is 10.8. The molecule has 0 aliphatic heterocycles. The van der Waals surface area contributed by atoms with Crippen LogP contribution in [0.25, 0.3) is 0 Å². The minimum Gasteiger partial charge on any atom is -0.417 e. The first-order chi connectivity index (χ1) is 8.11. The Bertz CT molecular complexity index is 514. The number of hydrogen-bond donors (Lipinski definition) is 2. The van der Waals surface area contributed by atoms with Crippen molar-refractivity contribution in [3.8, 4) is 11.8 Å². The van der Waals surface area contributed by atoms with Gasteiger partial charge >= 0.3 is 0 Å². The number of nitrogen functional groups attached to an aromatic ring is 1. The molecule has 17 heavy (non-hydrogen) atoms. The molecular weight excluding hydrogens is 218 g/mol. The summed E-state index contributed by atoms with van der Waals surface area (Å²) in [5, 5.41) is 11.2. The quantitative estimate of drug-likeness (QED) is 0.846. The van der Waals surface area contributed by atoms with Gasteiger partial charge < -0.3 is 10.5 Å². The van der Waals surface area contributed by atoms with Crippen LogP contribution in [0.1, 0.15) is 24.7 Å². The first-order valence-electron chi connectivity index (χ1n) is 5.63. The number of anilines is 1. The zero-order valence-corrected chi connectivity index (χ0v) is 10.3. The van der Waals surface area contributed by atoms with Crippen molar-refractivity contribution >= 4 is 5.69 Å². The van der Waals surface area contributed by atoms with Gasteiger partial charge in [-0.05, 0) is 13.3 Å². The second-order valence-electron chi connectivity index (χ2n) is 4.03. The standard InChI is InChI=1S/C11H17N5O/c1-4-5-8-10(12)11(16(3)15-8)17-9-6-7(2)13-14-9/h6H,4-5,12H2,1-3H3,(H,13,14). The largest absolute Gasteiger partial charge is 0.417 e. The number of hydrogen-bond acceptors (Lipinski definition) is 4. The summed E-state index contributed by atoms with van der Waals surface area (Å²) in [7, 11) is 1.81. The van der Waals surface area contributed by atoms with Crippen molar-refractivity contribution in [2.75, 3.05) is 5.73 Å². The number of rotatable bonds is 4. The molecule has 6 nitrogen and oxygen atoms in total. The Hall–Kier alpha value is -1.98. The summed E-state index contributed by atoms with van der Waals surface area (Å²) >= 11 is 0. The van der Waals surface area contributed by atoms with Crippen molar-refractivity contribution in [3.63, 3.8) is 0 Å². The van der Waals surface area contributed by atoms with E-state index in [0.717, 1.165) is 24.2 Å². The number of aromatic nitrogens is 4. The highest BCUT2D eigenvalue weighted by Crippen LogP contribution is 2.29. The van der Waals surface area contributed by atoms with Gasteiger partial charge in [0.15, 0.2) is 0 Å². The molecule has 2 rings (SSSR count). The molecule has 3 N–H and O–H groups in total. The number of aryl methyl sites for hydroxylation is 3. The summed E-state index contributed by atoms with van der Waals surface area (Å²) in [5.74, 6) is 1.04. The molecule has 0 bridgehead atoms. The molecule has 0 aromatic carbocycles. The van der Waals surface area contributed by atoms with Crippen LogP contribution in [-0.2, 0) is 13.5 Å². The fourth-order valence-corrected chi connectivity index (χ4v) is 1.66. The van der Waals surface area contributed by atoms with Crippen LogP contribution in [-0.4, -0.2) is 20.0 Å². The number of nitrogens with one attached hydrogen (secondary N) is 1. The van der Waals surface area contributed by atoms with Gasteiger partial charge in [-0.15, -0.1) is 5.10 Å². The van der Waals surface area contributed by atoms with Crippen LogP contribution in [0.15, 0.2) is 6.07 Å². The van der Waals surface area contributed by atoms with Crippen LogP contribution in [0.3, 0.4) is 0 Å². The van der Waals surface area contributed by atoms with Crippen molar-refractivity contribution in [3.05, 3.63) is 17.5 Å². The highest BCUT2D eigenvalue weighted by atomic mass is 16.5. The van der Waals surface area contributed by atoms with E-state index in [-0.39, 0.29) is 0 Å². The van der Waals surface area contributed by atoms with Crippen molar-refractivity contribution in [1.29, 1.82) is 0 Å². The predicted octanol–water partition coefficient (Wildman–Crippen LogP) is 1.78. The number of H-pyrrole nitrogens is 1. The smallest absolute Gasteiger partial charge is 0.243 e.